The third-order valence-electron chi connectivity index (χ3n) is 17.8. The number of aliphatic hydroxyl groups is 1. The van der Waals surface area contributed by atoms with Crippen molar-refractivity contribution in [1.29, 1.82) is 0 Å². The molecule has 3 aromatic rings. The fourth-order valence-electron chi connectivity index (χ4n) is 13.1. The van der Waals surface area contributed by atoms with E-state index in [1.807, 2.05) is 0 Å². The van der Waals surface area contributed by atoms with Gasteiger partial charge in [-0.05, 0) is 214 Å². The Hall–Kier alpha value is -3.97. The molecule has 10 rings (SSSR count). The van der Waals surface area contributed by atoms with Crippen molar-refractivity contribution in [1.82, 2.24) is 4.98 Å². The number of esters is 1. The quantitative estimate of drug-likeness (QED) is 0.0138. The molecule has 4 bridgehead atoms. The lowest BCUT2D eigenvalue weighted by molar-refractivity contribution is -0.149. The van der Waals surface area contributed by atoms with Crippen LogP contribution in [-0.4, -0.2) is 85.4 Å². The highest BCUT2D eigenvalue weighted by molar-refractivity contribution is 7.22. The van der Waals surface area contributed by atoms with E-state index in [0.717, 1.165) is 164 Å². The second-order valence-corrected chi connectivity index (χ2v) is 24.8. The number of fused-ring (bicyclic) bond motifs is 5. The number of aliphatic hydroxyl groups excluding tert-OH is 1. The molecule has 6 aliphatic carbocycles. The third-order valence-corrected chi connectivity index (χ3v) is 18.9. The second-order valence-electron chi connectivity index (χ2n) is 23.8. The maximum atomic E-state index is 12.5. The first-order valence-corrected chi connectivity index (χ1v) is 30.4. The average molecular weight is 1040 g/mol. The predicted octanol–water partition coefficient (Wildman–Crippen LogP) is 14.3. The number of epoxide rings is 1. The summed E-state index contributed by atoms with van der Waals surface area (Å²) in [6.45, 7) is 7.90. The van der Waals surface area contributed by atoms with E-state index < -0.39 is 6.29 Å². The monoisotopic (exact) mass is 1040 g/mol. The molecule has 0 amide bonds. The fraction of sp³-hybridized carbons (Fsp3) is 0.641. The van der Waals surface area contributed by atoms with Gasteiger partial charge in [-0.15, -0.1) is 0 Å². The van der Waals surface area contributed by atoms with E-state index in [2.05, 4.69) is 116 Å². The van der Waals surface area contributed by atoms with Crippen molar-refractivity contribution in [3.8, 4) is 0 Å². The number of hydrogen-bond donors (Lipinski definition) is 1. The number of carbonyl (C=O) groups excluding carboxylic acids is 1. The number of thiazole rings is 1. The summed E-state index contributed by atoms with van der Waals surface area (Å²) in [4.78, 5) is 17.6. The summed E-state index contributed by atoms with van der Waals surface area (Å²) in [6, 6.07) is 15.2. The molecular weight excluding hydrogens is 955 g/mol. The zero-order valence-corrected chi connectivity index (χ0v) is 46.0. The second kappa shape index (κ2) is 26.6. The molecule has 2 heterocycles. The molecule has 1 aliphatic heterocycles. The van der Waals surface area contributed by atoms with Crippen molar-refractivity contribution in [2.75, 3.05) is 38.0 Å². The molecule has 7 aliphatic rings. The first-order chi connectivity index (χ1) is 36.7. The van der Waals surface area contributed by atoms with Crippen LogP contribution in [0.4, 0.5) is 5.13 Å². The van der Waals surface area contributed by atoms with Gasteiger partial charge >= 0.3 is 5.97 Å². The van der Waals surface area contributed by atoms with Gasteiger partial charge in [0.25, 0.3) is 0 Å². The third kappa shape index (κ3) is 15.4. The number of nitrogens with zero attached hydrogens (tertiary/aromatic N) is 3. The molecule has 1 aromatic heterocycles. The predicted molar refractivity (Wildman–Crippen MR) is 304 cm³/mol. The molecule has 10 nitrogen and oxygen atoms in total. The number of unbranched alkanes of at least 4 members (excludes halogenated alkanes) is 5. The topological polar surface area (TPSA) is 115 Å². The van der Waals surface area contributed by atoms with Crippen LogP contribution in [0.2, 0.25) is 0 Å². The normalized spacial score (nSPS) is 30.0. The lowest BCUT2D eigenvalue weighted by Gasteiger charge is -2.27. The van der Waals surface area contributed by atoms with Crippen LogP contribution in [0.1, 0.15) is 165 Å². The molecule has 4 saturated carbocycles. The summed E-state index contributed by atoms with van der Waals surface area (Å²) >= 11 is 1.71. The van der Waals surface area contributed by atoms with E-state index in [1.54, 1.807) is 11.3 Å². The van der Waals surface area contributed by atoms with Crippen LogP contribution in [0.15, 0.2) is 84.0 Å². The Bertz CT molecular complexity index is 2410. The van der Waals surface area contributed by atoms with Crippen molar-refractivity contribution in [2.24, 2.45) is 52.4 Å². The first-order valence-electron chi connectivity index (χ1n) is 29.6. The van der Waals surface area contributed by atoms with Gasteiger partial charge < -0.3 is 28.8 Å². The van der Waals surface area contributed by atoms with E-state index in [1.165, 1.54) is 22.2 Å². The Labute approximate surface area is 452 Å². The Balaban J connectivity index is 0.698. The van der Waals surface area contributed by atoms with Crippen LogP contribution in [0.3, 0.4) is 0 Å². The van der Waals surface area contributed by atoms with Crippen molar-refractivity contribution in [3.05, 3.63) is 95.6 Å². The summed E-state index contributed by atoms with van der Waals surface area (Å²) in [5.41, 5.74) is 4.51. The molecule has 8 unspecified atom stereocenters. The Morgan fingerprint density at radius 2 is 1.43 bits per heavy atom. The number of hydrazone groups is 1. The molecule has 2 aromatic carbocycles. The minimum Gasteiger partial charge on any atom is -0.465 e. The highest BCUT2D eigenvalue weighted by Crippen LogP contribution is 2.46. The van der Waals surface area contributed by atoms with Crippen molar-refractivity contribution < 1.29 is 33.6 Å². The summed E-state index contributed by atoms with van der Waals surface area (Å²) in [6.07, 6.45) is 43.5. The summed E-state index contributed by atoms with van der Waals surface area (Å²) < 4.78 is 31.3. The largest absolute Gasteiger partial charge is 0.465 e. The molecule has 5 fully saturated rings. The number of carbonyl (C=O) groups is 1. The molecule has 1 N–H and O–H groups in total. The zero-order chi connectivity index (χ0) is 51.4. The van der Waals surface area contributed by atoms with Gasteiger partial charge in [0.1, 0.15) is 0 Å². The Morgan fingerprint density at radius 3 is 2.08 bits per heavy atom. The number of benzene rings is 2. The van der Waals surface area contributed by atoms with E-state index in [4.69, 9.17) is 33.8 Å². The molecule has 1 saturated heterocycles. The summed E-state index contributed by atoms with van der Waals surface area (Å²) in [5.74, 6) is 3.60. The number of aromatic nitrogens is 1. The minimum atomic E-state index is -0.621. The molecular formula is C64H87N3O7S. The Kier molecular flexibility index (Phi) is 19.3. The molecule has 406 valence electrons. The molecule has 11 heteroatoms. The van der Waals surface area contributed by atoms with Crippen LogP contribution < -0.4 is 5.01 Å². The minimum absolute atomic E-state index is 0.0121. The highest BCUT2D eigenvalue weighted by Gasteiger charge is 2.47. The number of ether oxygens (including phenoxy) is 5. The molecule has 75 heavy (non-hydrogen) atoms. The molecule has 8 atom stereocenters. The Morgan fingerprint density at radius 1 is 0.760 bits per heavy atom. The van der Waals surface area contributed by atoms with Gasteiger partial charge in [-0.3, -0.25) is 4.79 Å². The number of para-hydroxylation sites is 1. The van der Waals surface area contributed by atoms with Gasteiger partial charge in [-0.25, -0.2) is 9.99 Å². The highest BCUT2D eigenvalue weighted by atomic mass is 32.1. The standard InChI is InChI=1S/C64H87N3O7S/c1-64(2)60(74-64)15-7-8-34-67(63-66-58-13-5-6-14-59(58)75-63)65-44-53-39-47(17-16-45-22-30-54(31-23-45)70-35-9-3-11-37-72-61(68)56-42-48-20-28-51(56)40-48)19-27-50(53)26-18-46-24-32-55(33-25-46)71-36-10-4-12-38-73-62(69)57-43-49-21-29-52(57)41-49/h5-6,13-14,16-21,26-29,39,44-46,48-49,51-52,54-57,60,62,69H,3-4,7-12,15,22-25,30-38,40-43H2,1-2H3/b17-16+,26-18+,65-44+. The van der Waals surface area contributed by atoms with Crippen LogP contribution in [-0.2, 0) is 28.5 Å². The average Bonchev–Trinajstić information content (AvgIpc) is 4.18. The van der Waals surface area contributed by atoms with Crippen LogP contribution in [0, 0.1) is 47.3 Å². The lowest BCUT2D eigenvalue weighted by atomic mass is 9.86. The fourth-order valence-corrected chi connectivity index (χ4v) is 14.0. The van der Waals surface area contributed by atoms with Crippen molar-refractivity contribution in [3.63, 3.8) is 0 Å². The van der Waals surface area contributed by atoms with E-state index in [-0.39, 0.29) is 23.4 Å². The van der Waals surface area contributed by atoms with Gasteiger partial charge in [0.05, 0.1) is 52.9 Å². The maximum Gasteiger partial charge on any atom is 0.309 e. The van der Waals surface area contributed by atoms with E-state index >= 15 is 0 Å². The van der Waals surface area contributed by atoms with Crippen molar-refractivity contribution in [2.45, 2.75) is 179 Å². The smallest absolute Gasteiger partial charge is 0.309 e. The maximum absolute atomic E-state index is 12.5. The number of rotatable bonds is 29. The zero-order valence-electron chi connectivity index (χ0n) is 45.2. The molecule has 0 spiro atoms. The molecule has 0 radical (unpaired) electrons. The van der Waals surface area contributed by atoms with Crippen LogP contribution >= 0.6 is 11.3 Å². The van der Waals surface area contributed by atoms with Crippen molar-refractivity contribution >= 4 is 51.0 Å². The SMILES string of the molecule is CC1(C)OC1CCCCN(/N=C/c1cc(/C=C/C2CCC(OCCCCCOC(=O)C3CC4C=CC3C4)CC2)ccc1/C=C/C1CCC(OCCCCCOC(O)C2CC3C=CC2C3)CC1)c1nc2ccccc2s1. The van der Waals surface area contributed by atoms with E-state index in [9.17, 15) is 9.90 Å². The van der Waals surface area contributed by atoms with Gasteiger partial charge in [0.15, 0.2) is 6.29 Å². The number of allylic oxidation sites excluding steroid dienone is 6. The number of anilines is 1. The first kappa shape index (κ1) is 54.4. The summed E-state index contributed by atoms with van der Waals surface area (Å²) in [7, 11) is 0. The summed E-state index contributed by atoms with van der Waals surface area (Å²) in [5, 5.41) is 18.9. The van der Waals surface area contributed by atoms with Gasteiger partial charge in [0.2, 0.25) is 5.13 Å². The lowest BCUT2D eigenvalue weighted by Crippen LogP contribution is -2.27. The van der Waals surface area contributed by atoms with Gasteiger partial charge in [0, 0.05) is 37.8 Å². The van der Waals surface area contributed by atoms with Gasteiger partial charge in [-0.1, -0.05) is 84.2 Å². The van der Waals surface area contributed by atoms with Crippen LogP contribution in [0.25, 0.3) is 22.4 Å². The number of hydrogen-bond acceptors (Lipinski definition) is 11. The van der Waals surface area contributed by atoms with Gasteiger partial charge in [-0.2, -0.15) is 5.10 Å². The van der Waals surface area contributed by atoms with E-state index in [0.29, 0.717) is 67.0 Å². The van der Waals surface area contributed by atoms with Crippen LogP contribution in [0.5, 0.6) is 0 Å².